The molecule has 0 radical (unpaired) electrons. The minimum atomic E-state index is 0.0922. The molecule has 0 unspecified atom stereocenters. The number of nitrogens with zero attached hydrogens (tertiary/aromatic N) is 1. The molecule has 20 heavy (non-hydrogen) atoms. The Balaban J connectivity index is 1.63. The number of likely N-dealkylation sites (tertiary alicyclic amines) is 1. The van der Waals surface area contributed by atoms with Crippen LogP contribution in [-0.4, -0.2) is 30.7 Å². The van der Waals surface area contributed by atoms with E-state index in [0.29, 0.717) is 0 Å². The smallest absolute Gasteiger partial charge is 0.246 e. The topological polar surface area (TPSA) is 38.8 Å². The summed E-state index contributed by atoms with van der Waals surface area (Å²) in [5, 5.41) is 0. The molecule has 0 atom stereocenters. The normalized spacial score (nSPS) is 18.8. The van der Waals surface area contributed by atoms with Crippen molar-refractivity contribution in [2.45, 2.75) is 19.8 Å². The third kappa shape index (κ3) is 2.79. The van der Waals surface area contributed by atoms with Gasteiger partial charge in [0.05, 0.1) is 0 Å². The van der Waals surface area contributed by atoms with E-state index in [1.165, 1.54) is 0 Å². The lowest BCUT2D eigenvalue weighted by atomic mass is 9.99. The molecule has 0 bridgehead atoms. The van der Waals surface area contributed by atoms with Crippen LogP contribution in [0.1, 0.15) is 25.3 Å². The molecule has 0 aromatic heterocycles. The summed E-state index contributed by atoms with van der Waals surface area (Å²) in [6.45, 7) is 4.24. The lowest BCUT2D eigenvalue weighted by Gasteiger charge is -2.29. The Morgan fingerprint density at radius 1 is 1.25 bits per heavy atom. The number of fused-ring (bicyclic) bond motifs is 1. The Morgan fingerprint density at radius 2 is 2.00 bits per heavy atom. The fraction of sp³-hybridized carbons (Fsp3) is 0.438. The Bertz CT molecular complexity index is 531. The van der Waals surface area contributed by atoms with Crippen LogP contribution in [0.3, 0.4) is 0 Å². The molecular formula is C16H19NO3. The van der Waals surface area contributed by atoms with Crippen LogP contribution < -0.4 is 9.47 Å². The lowest BCUT2D eigenvalue weighted by Crippen LogP contribution is -2.36. The third-order valence-electron chi connectivity index (χ3n) is 3.91. The Morgan fingerprint density at radius 3 is 2.80 bits per heavy atom. The molecule has 0 spiro atoms. The van der Waals surface area contributed by atoms with Crippen LogP contribution in [0.5, 0.6) is 11.5 Å². The highest BCUT2D eigenvalue weighted by Gasteiger charge is 2.18. The maximum atomic E-state index is 12.1. The second kappa shape index (κ2) is 5.57. The fourth-order valence-corrected chi connectivity index (χ4v) is 2.52. The molecule has 1 amide bonds. The average molecular weight is 273 g/mol. The second-order valence-corrected chi connectivity index (χ2v) is 5.45. The van der Waals surface area contributed by atoms with Crippen molar-refractivity contribution in [2.24, 2.45) is 5.92 Å². The Hall–Kier alpha value is -1.97. The second-order valence-electron chi connectivity index (χ2n) is 5.45. The number of rotatable bonds is 2. The van der Waals surface area contributed by atoms with E-state index in [-0.39, 0.29) is 12.7 Å². The number of hydrogen-bond acceptors (Lipinski definition) is 3. The lowest BCUT2D eigenvalue weighted by molar-refractivity contribution is -0.127. The highest BCUT2D eigenvalue weighted by Crippen LogP contribution is 2.32. The highest BCUT2D eigenvalue weighted by atomic mass is 16.7. The van der Waals surface area contributed by atoms with Crippen molar-refractivity contribution < 1.29 is 14.3 Å². The SMILES string of the molecule is CC1CCN(C(=O)/C=C/c2ccc3c(c2)OCO3)CC1. The van der Waals surface area contributed by atoms with Gasteiger partial charge in [-0.1, -0.05) is 13.0 Å². The summed E-state index contributed by atoms with van der Waals surface area (Å²) in [6.07, 6.45) is 5.68. The summed E-state index contributed by atoms with van der Waals surface area (Å²) in [7, 11) is 0. The van der Waals surface area contributed by atoms with E-state index in [2.05, 4.69) is 6.92 Å². The van der Waals surface area contributed by atoms with Crippen LogP contribution in [0.4, 0.5) is 0 Å². The van der Waals surface area contributed by atoms with Crippen molar-refractivity contribution in [1.29, 1.82) is 0 Å². The summed E-state index contributed by atoms with van der Waals surface area (Å²) in [5.74, 6) is 2.33. The summed E-state index contributed by atoms with van der Waals surface area (Å²) in [6, 6.07) is 5.69. The monoisotopic (exact) mass is 273 g/mol. The van der Waals surface area contributed by atoms with E-state index in [4.69, 9.17) is 9.47 Å². The third-order valence-corrected chi connectivity index (χ3v) is 3.91. The van der Waals surface area contributed by atoms with Crippen molar-refractivity contribution >= 4 is 12.0 Å². The molecule has 2 aliphatic heterocycles. The largest absolute Gasteiger partial charge is 0.454 e. The van der Waals surface area contributed by atoms with E-state index in [1.807, 2.05) is 29.2 Å². The van der Waals surface area contributed by atoms with Gasteiger partial charge in [0, 0.05) is 19.2 Å². The number of piperidine rings is 1. The van der Waals surface area contributed by atoms with Gasteiger partial charge in [0.1, 0.15) is 0 Å². The molecule has 0 aliphatic carbocycles. The number of amides is 1. The minimum Gasteiger partial charge on any atom is -0.454 e. The Kier molecular flexibility index (Phi) is 3.63. The fourth-order valence-electron chi connectivity index (χ4n) is 2.52. The molecule has 0 saturated carbocycles. The molecule has 1 fully saturated rings. The van der Waals surface area contributed by atoms with E-state index < -0.39 is 0 Å². The molecule has 1 saturated heterocycles. The van der Waals surface area contributed by atoms with E-state index >= 15 is 0 Å². The summed E-state index contributed by atoms with van der Waals surface area (Å²) >= 11 is 0. The molecule has 106 valence electrons. The summed E-state index contributed by atoms with van der Waals surface area (Å²) in [5.41, 5.74) is 0.952. The molecule has 1 aromatic carbocycles. The van der Waals surface area contributed by atoms with Crippen molar-refractivity contribution in [2.75, 3.05) is 19.9 Å². The van der Waals surface area contributed by atoms with Gasteiger partial charge in [-0.25, -0.2) is 0 Å². The van der Waals surface area contributed by atoms with Crippen LogP contribution in [0.25, 0.3) is 6.08 Å². The maximum absolute atomic E-state index is 12.1. The quantitative estimate of drug-likeness (QED) is 0.778. The van der Waals surface area contributed by atoms with Crippen LogP contribution in [-0.2, 0) is 4.79 Å². The van der Waals surface area contributed by atoms with Gasteiger partial charge in [-0.3, -0.25) is 4.79 Å². The molecule has 2 heterocycles. The van der Waals surface area contributed by atoms with Gasteiger partial charge in [0.2, 0.25) is 12.7 Å². The van der Waals surface area contributed by atoms with Crippen molar-refractivity contribution in [3.63, 3.8) is 0 Å². The van der Waals surface area contributed by atoms with Gasteiger partial charge in [-0.15, -0.1) is 0 Å². The molecule has 4 nitrogen and oxygen atoms in total. The molecule has 3 rings (SSSR count). The number of carbonyl (C=O) groups is 1. The van der Waals surface area contributed by atoms with Crippen LogP contribution >= 0.6 is 0 Å². The predicted molar refractivity (Wildman–Crippen MR) is 76.6 cm³/mol. The van der Waals surface area contributed by atoms with Crippen LogP contribution in [0.2, 0.25) is 0 Å². The molecule has 2 aliphatic rings. The van der Waals surface area contributed by atoms with Crippen molar-refractivity contribution in [3.8, 4) is 11.5 Å². The zero-order valence-corrected chi connectivity index (χ0v) is 11.7. The van der Waals surface area contributed by atoms with E-state index in [0.717, 1.165) is 48.9 Å². The van der Waals surface area contributed by atoms with Crippen molar-refractivity contribution in [1.82, 2.24) is 4.90 Å². The van der Waals surface area contributed by atoms with Gasteiger partial charge < -0.3 is 14.4 Å². The van der Waals surface area contributed by atoms with Gasteiger partial charge in [0.25, 0.3) is 0 Å². The number of hydrogen-bond donors (Lipinski definition) is 0. The number of ether oxygens (including phenoxy) is 2. The van der Waals surface area contributed by atoms with Gasteiger partial charge in [-0.2, -0.15) is 0 Å². The molecular weight excluding hydrogens is 254 g/mol. The molecule has 4 heteroatoms. The standard InChI is InChI=1S/C16H19NO3/c1-12-6-8-17(9-7-12)16(18)5-3-13-2-4-14-15(10-13)20-11-19-14/h2-5,10,12H,6-9,11H2,1H3/b5-3+. The molecule has 0 N–H and O–H groups in total. The van der Waals surface area contributed by atoms with Gasteiger partial charge >= 0.3 is 0 Å². The van der Waals surface area contributed by atoms with Crippen molar-refractivity contribution in [3.05, 3.63) is 29.8 Å². The first kappa shape index (κ1) is 13.0. The highest BCUT2D eigenvalue weighted by molar-refractivity contribution is 5.91. The van der Waals surface area contributed by atoms with Gasteiger partial charge in [0.15, 0.2) is 11.5 Å². The molecule has 1 aromatic rings. The van der Waals surface area contributed by atoms with Crippen LogP contribution in [0.15, 0.2) is 24.3 Å². The number of carbonyl (C=O) groups excluding carboxylic acids is 1. The van der Waals surface area contributed by atoms with Crippen LogP contribution in [0, 0.1) is 5.92 Å². The predicted octanol–water partition coefficient (Wildman–Crippen LogP) is 2.69. The first-order chi connectivity index (χ1) is 9.72. The first-order valence-electron chi connectivity index (χ1n) is 7.09. The van der Waals surface area contributed by atoms with E-state index in [9.17, 15) is 4.79 Å². The maximum Gasteiger partial charge on any atom is 0.246 e. The summed E-state index contributed by atoms with van der Waals surface area (Å²) in [4.78, 5) is 14.0. The first-order valence-corrected chi connectivity index (χ1v) is 7.09. The van der Waals surface area contributed by atoms with E-state index in [1.54, 1.807) is 6.08 Å². The minimum absolute atomic E-state index is 0.0922. The van der Waals surface area contributed by atoms with Gasteiger partial charge in [-0.05, 0) is 42.5 Å². The zero-order chi connectivity index (χ0) is 13.9. The number of benzene rings is 1. The average Bonchev–Trinajstić information content (AvgIpc) is 2.93. The summed E-state index contributed by atoms with van der Waals surface area (Å²) < 4.78 is 10.6. The Labute approximate surface area is 119 Å². The zero-order valence-electron chi connectivity index (χ0n) is 11.7.